The number of hydrogen-bond acceptors (Lipinski definition) is 3. The van der Waals surface area contributed by atoms with E-state index >= 15 is 0 Å². The second-order valence-corrected chi connectivity index (χ2v) is 7.85. The summed E-state index contributed by atoms with van der Waals surface area (Å²) in [6.07, 6.45) is 1.26. The van der Waals surface area contributed by atoms with Crippen molar-refractivity contribution in [1.82, 2.24) is 10.2 Å². The molecule has 0 bridgehead atoms. The number of piperidine rings is 1. The number of hydrogen-bond donors (Lipinski definition) is 2. The van der Waals surface area contributed by atoms with Crippen LogP contribution in [0, 0.1) is 12.3 Å². The molecule has 0 aromatic heterocycles. The lowest BCUT2D eigenvalue weighted by molar-refractivity contribution is -0.132. The van der Waals surface area contributed by atoms with Gasteiger partial charge in [0.25, 0.3) is 0 Å². The Hall–Kier alpha value is -3.02. The molecule has 1 fully saturated rings. The highest BCUT2D eigenvalue weighted by atomic mass is 16.5. The van der Waals surface area contributed by atoms with Gasteiger partial charge in [-0.2, -0.15) is 0 Å². The third kappa shape index (κ3) is 5.08. The number of para-hydroxylation sites is 2. The number of carbonyl (C=O) groups excluding carboxylic acids is 2. The van der Waals surface area contributed by atoms with E-state index in [0.717, 1.165) is 5.56 Å². The van der Waals surface area contributed by atoms with Crippen molar-refractivity contribution in [3.05, 3.63) is 59.7 Å². The third-order valence-electron chi connectivity index (χ3n) is 5.62. The summed E-state index contributed by atoms with van der Waals surface area (Å²) in [4.78, 5) is 27.1. The number of anilines is 1. The molecule has 0 aliphatic carbocycles. The van der Waals surface area contributed by atoms with Gasteiger partial charge in [-0.1, -0.05) is 48.9 Å². The zero-order valence-corrected chi connectivity index (χ0v) is 17.3. The van der Waals surface area contributed by atoms with Crippen LogP contribution in [0.3, 0.4) is 0 Å². The Morgan fingerprint density at radius 2 is 1.72 bits per heavy atom. The van der Waals surface area contributed by atoms with Crippen LogP contribution in [-0.2, 0) is 11.3 Å². The lowest BCUT2D eigenvalue weighted by Crippen LogP contribution is -2.49. The molecule has 2 aromatic carbocycles. The first-order valence-electron chi connectivity index (χ1n) is 9.94. The van der Waals surface area contributed by atoms with E-state index in [2.05, 4.69) is 10.6 Å². The Labute approximate surface area is 172 Å². The van der Waals surface area contributed by atoms with Crippen molar-refractivity contribution in [2.24, 2.45) is 5.41 Å². The second-order valence-electron chi connectivity index (χ2n) is 7.85. The van der Waals surface area contributed by atoms with Gasteiger partial charge in [0.15, 0.2) is 0 Å². The summed E-state index contributed by atoms with van der Waals surface area (Å²) in [5.41, 5.74) is 2.46. The highest BCUT2D eigenvalue weighted by Crippen LogP contribution is 2.32. The number of methoxy groups -OCH3 is 1. The van der Waals surface area contributed by atoms with Crippen LogP contribution < -0.4 is 15.4 Å². The van der Waals surface area contributed by atoms with Crippen LogP contribution in [0.5, 0.6) is 5.75 Å². The normalized spacial score (nSPS) is 15.5. The van der Waals surface area contributed by atoms with Crippen molar-refractivity contribution >= 4 is 17.6 Å². The standard InChI is InChI=1S/C23H29N3O3/c1-17-8-10-18(11-9-17)16-24-21(27)23(2)12-14-26(15-13-23)22(28)25-19-6-4-5-7-20(19)29-3/h4-11H,12-16H2,1-3H3,(H,24,27)(H,25,28). The molecule has 1 saturated heterocycles. The molecule has 1 aliphatic rings. The molecule has 154 valence electrons. The summed E-state index contributed by atoms with van der Waals surface area (Å²) in [6.45, 7) is 5.62. The van der Waals surface area contributed by atoms with Gasteiger partial charge >= 0.3 is 6.03 Å². The molecule has 6 nitrogen and oxygen atoms in total. The first kappa shape index (κ1) is 20.7. The number of rotatable bonds is 5. The minimum Gasteiger partial charge on any atom is -0.495 e. The van der Waals surface area contributed by atoms with Gasteiger partial charge in [0, 0.05) is 25.0 Å². The van der Waals surface area contributed by atoms with E-state index < -0.39 is 5.41 Å². The van der Waals surface area contributed by atoms with Crippen LogP contribution in [0.4, 0.5) is 10.5 Å². The molecule has 0 spiro atoms. The summed E-state index contributed by atoms with van der Waals surface area (Å²) in [5.74, 6) is 0.668. The summed E-state index contributed by atoms with van der Waals surface area (Å²) in [5, 5.41) is 5.95. The van der Waals surface area contributed by atoms with Gasteiger partial charge in [-0.3, -0.25) is 4.79 Å². The van der Waals surface area contributed by atoms with E-state index in [4.69, 9.17) is 4.74 Å². The lowest BCUT2D eigenvalue weighted by atomic mass is 9.79. The maximum Gasteiger partial charge on any atom is 0.321 e. The highest BCUT2D eigenvalue weighted by Gasteiger charge is 2.38. The molecule has 2 aromatic rings. The first-order chi connectivity index (χ1) is 13.9. The number of urea groups is 1. The Morgan fingerprint density at radius 1 is 1.07 bits per heavy atom. The second kappa shape index (κ2) is 8.99. The van der Waals surface area contributed by atoms with Crippen molar-refractivity contribution in [3.63, 3.8) is 0 Å². The number of amides is 3. The average Bonchev–Trinajstić information content (AvgIpc) is 2.74. The van der Waals surface area contributed by atoms with Gasteiger partial charge in [0.1, 0.15) is 5.75 Å². The topological polar surface area (TPSA) is 70.7 Å². The van der Waals surface area contributed by atoms with E-state index in [9.17, 15) is 9.59 Å². The molecule has 0 atom stereocenters. The number of aryl methyl sites for hydroxylation is 1. The predicted octanol–water partition coefficient (Wildman–Crippen LogP) is 3.95. The van der Waals surface area contributed by atoms with Crippen LogP contribution in [0.1, 0.15) is 30.9 Å². The van der Waals surface area contributed by atoms with Gasteiger partial charge in [-0.15, -0.1) is 0 Å². The van der Waals surface area contributed by atoms with Crippen LogP contribution >= 0.6 is 0 Å². The fraction of sp³-hybridized carbons (Fsp3) is 0.391. The largest absolute Gasteiger partial charge is 0.495 e. The Kier molecular flexibility index (Phi) is 6.42. The van der Waals surface area contributed by atoms with Gasteiger partial charge in [0.2, 0.25) is 5.91 Å². The molecule has 2 N–H and O–H groups in total. The average molecular weight is 396 g/mol. The highest BCUT2D eigenvalue weighted by molar-refractivity contribution is 5.91. The van der Waals surface area contributed by atoms with Crippen LogP contribution in [0.25, 0.3) is 0 Å². The fourth-order valence-corrected chi connectivity index (χ4v) is 3.47. The molecule has 6 heteroatoms. The van der Waals surface area contributed by atoms with Crippen LogP contribution in [0.2, 0.25) is 0 Å². The van der Waals surface area contributed by atoms with Gasteiger partial charge in [-0.25, -0.2) is 4.79 Å². The third-order valence-corrected chi connectivity index (χ3v) is 5.62. The molecule has 3 amide bonds. The quantitative estimate of drug-likeness (QED) is 0.805. The van der Waals surface area contributed by atoms with Crippen molar-refractivity contribution in [1.29, 1.82) is 0 Å². The van der Waals surface area contributed by atoms with Gasteiger partial charge in [-0.05, 0) is 37.5 Å². The zero-order chi connectivity index (χ0) is 20.9. The molecule has 29 heavy (non-hydrogen) atoms. The maximum atomic E-state index is 12.8. The summed E-state index contributed by atoms with van der Waals surface area (Å²) < 4.78 is 5.28. The van der Waals surface area contributed by atoms with E-state index in [1.165, 1.54) is 5.56 Å². The SMILES string of the molecule is COc1ccccc1NC(=O)N1CCC(C)(C(=O)NCc2ccc(C)cc2)CC1. The number of likely N-dealkylation sites (tertiary alicyclic amines) is 1. The zero-order valence-electron chi connectivity index (χ0n) is 17.3. The van der Waals surface area contributed by atoms with Crippen LogP contribution in [0.15, 0.2) is 48.5 Å². The minimum atomic E-state index is -0.466. The number of ether oxygens (including phenoxy) is 1. The maximum absolute atomic E-state index is 12.8. The molecule has 0 radical (unpaired) electrons. The first-order valence-corrected chi connectivity index (χ1v) is 9.94. The number of nitrogens with zero attached hydrogens (tertiary/aromatic N) is 1. The van der Waals surface area contributed by atoms with Crippen molar-refractivity contribution in [2.75, 3.05) is 25.5 Å². The van der Waals surface area contributed by atoms with Crippen LogP contribution in [-0.4, -0.2) is 37.0 Å². The summed E-state index contributed by atoms with van der Waals surface area (Å²) >= 11 is 0. The Balaban J connectivity index is 1.52. The summed E-state index contributed by atoms with van der Waals surface area (Å²) in [7, 11) is 1.58. The molecular weight excluding hydrogens is 366 g/mol. The van der Waals surface area contributed by atoms with E-state index in [0.29, 0.717) is 43.9 Å². The molecule has 1 aliphatic heterocycles. The Morgan fingerprint density at radius 3 is 2.38 bits per heavy atom. The molecule has 1 heterocycles. The molecule has 0 unspecified atom stereocenters. The number of nitrogens with one attached hydrogen (secondary N) is 2. The smallest absolute Gasteiger partial charge is 0.321 e. The van der Waals surface area contributed by atoms with E-state index in [-0.39, 0.29) is 11.9 Å². The van der Waals surface area contributed by atoms with E-state index in [1.54, 1.807) is 18.1 Å². The number of benzene rings is 2. The summed E-state index contributed by atoms with van der Waals surface area (Å²) in [6, 6.07) is 15.3. The fourth-order valence-electron chi connectivity index (χ4n) is 3.47. The minimum absolute atomic E-state index is 0.0443. The van der Waals surface area contributed by atoms with E-state index in [1.807, 2.05) is 56.3 Å². The van der Waals surface area contributed by atoms with Crippen molar-refractivity contribution in [2.45, 2.75) is 33.2 Å². The Bertz CT molecular complexity index is 856. The molecule has 0 saturated carbocycles. The predicted molar refractivity (Wildman–Crippen MR) is 114 cm³/mol. The lowest BCUT2D eigenvalue weighted by Gasteiger charge is -2.38. The molecule has 3 rings (SSSR count). The van der Waals surface area contributed by atoms with Crippen molar-refractivity contribution in [3.8, 4) is 5.75 Å². The number of carbonyl (C=O) groups is 2. The molecular formula is C23H29N3O3. The van der Waals surface area contributed by atoms with Gasteiger partial charge in [0.05, 0.1) is 12.8 Å². The van der Waals surface area contributed by atoms with Gasteiger partial charge < -0.3 is 20.3 Å². The van der Waals surface area contributed by atoms with Crippen molar-refractivity contribution < 1.29 is 14.3 Å². The monoisotopic (exact) mass is 395 g/mol.